The minimum absolute atomic E-state index is 0.242. The fourth-order valence-corrected chi connectivity index (χ4v) is 4.03. The molecule has 6 heteroatoms. The summed E-state index contributed by atoms with van der Waals surface area (Å²) >= 11 is 0. The molecule has 4 rings (SSSR count). The van der Waals surface area contributed by atoms with Crippen LogP contribution in [0.3, 0.4) is 0 Å². The van der Waals surface area contributed by atoms with E-state index < -0.39 is 0 Å². The Kier molecular flexibility index (Phi) is 5.88. The van der Waals surface area contributed by atoms with Crippen molar-refractivity contribution in [3.63, 3.8) is 0 Å². The fraction of sp³-hybridized carbons (Fsp3) is 0.375. The SMILES string of the molecule is COc1ccc(-c2nn(-c3ccccc3C)cc2CN2CCN(C)[C@H](C)C2)cc1F. The number of likely N-dealkylation sites (N-methyl/N-ethyl adjacent to an activating group) is 1. The molecule has 2 heterocycles. The van der Waals surface area contributed by atoms with Gasteiger partial charge in [-0.2, -0.15) is 5.10 Å². The van der Waals surface area contributed by atoms with Crippen molar-refractivity contribution in [2.24, 2.45) is 0 Å². The third-order valence-electron chi connectivity index (χ3n) is 6.02. The van der Waals surface area contributed by atoms with Gasteiger partial charge in [0.1, 0.15) is 0 Å². The van der Waals surface area contributed by atoms with Crippen LogP contribution in [0.4, 0.5) is 4.39 Å². The summed E-state index contributed by atoms with van der Waals surface area (Å²) in [5.41, 5.74) is 4.85. The summed E-state index contributed by atoms with van der Waals surface area (Å²) < 4.78 is 21.4. The predicted octanol–water partition coefficient (Wildman–Crippen LogP) is 4.13. The van der Waals surface area contributed by atoms with Gasteiger partial charge in [-0.25, -0.2) is 9.07 Å². The minimum atomic E-state index is -0.375. The van der Waals surface area contributed by atoms with Gasteiger partial charge in [0.25, 0.3) is 0 Å². The largest absolute Gasteiger partial charge is 0.494 e. The molecule has 0 aliphatic carbocycles. The number of benzene rings is 2. The number of halogens is 1. The smallest absolute Gasteiger partial charge is 0.165 e. The molecule has 0 spiro atoms. The van der Waals surface area contributed by atoms with Crippen molar-refractivity contribution in [2.45, 2.75) is 26.4 Å². The molecular formula is C24H29FN4O. The van der Waals surface area contributed by atoms with Crippen LogP contribution in [0.15, 0.2) is 48.7 Å². The minimum Gasteiger partial charge on any atom is -0.494 e. The average Bonchev–Trinajstić information content (AvgIpc) is 3.14. The third-order valence-corrected chi connectivity index (χ3v) is 6.02. The Balaban J connectivity index is 1.73. The molecule has 1 atom stereocenters. The molecule has 3 aromatic rings. The number of hydrogen-bond acceptors (Lipinski definition) is 4. The van der Waals surface area contributed by atoms with E-state index in [0.717, 1.165) is 54.3 Å². The van der Waals surface area contributed by atoms with Gasteiger partial charge in [-0.05, 0) is 50.7 Å². The van der Waals surface area contributed by atoms with Crippen molar-refractivity contribution in [1.82, 2.24) is 19.6 Å². The number of ether oxygens (including phenoxy) is 1. The van der Waals surface area contributed by atoms with E-state index in [1.54, 1.807) is 6.07 Å². The molecule has 0 N–H and O–H groups in total. The molecule has 2 aromatic carbocycles. The summed E-state index contributed by atoms with van der Waals surface area (Å²) in [6.45, 7) is 8.16. The molecule has 0 radical (unpaired) electrons. The lowest BCUT2D eigenvalue weighted by Crippen LogP contribution is -2.49. The Bertz CT molecular complexity index is 1030. The zero-order chi connectivity index (χ0) is 21.3. The number of para-hydroxylation sites is 1. The number of hydrogen-bond donors (Lipinski definition) is 0. The number of piperazine rings is 1. The van der Waals surface area contributed by atoms with Crippen LogP contribution in [0.25, 0.3) is 16.9 Å². The predicted molar refractivity (Wildman–Crippen MR) is 118 cm³/mol. The second-order valence-electron chi connectivity index (χ2n) is 8.15. The second-order valence-corrected chi connectivity index (χ2v) is 8.15. The summed E-state index contributed by atoms with van der Waals surface area (Å²) in [6.07, 6.45) is 2.09. The van der Waals surface area contributed by atoms with Crippen LogP contribution < -0.4 is 4.74 Å². The van der Waals surface area contributed by atoms with Crippen LogP contribution in [-0.4, -0.2) is 59.4 Å². The molecule has 0 saturated carbocycles. The van der Waals surface area contributed by atoms with Gasteiger partial charge < -0.3 is 9.64 Å². The summed E-state index contributed by atoms with van der Waals surface area (Å²) in [5, 5.41) is 4.88. The van der Waals surface area contributed by atoms with E-state index in [0.29, 0.717) is 6.04 Å². The van der Waals surface area contributed by atoms with Gasteiger partial charge in [-0.15, -0.1) is 0 Å². The van der Waals surface area contributed by atoms with Crippen molar-refractivity contribution in [2.75, 3.05) is 33.8 Å². The van der Waals surface area contributed by atoms with Gasteiger partial charge in [0.2, 0.25) is 0 Å². The third kappa shape index (κ3) is 4.11. The Morgan fingerprint density at radius 3 is 2.67 bits per heavy atom. The van der Waals surface area contributed by atoms with Crippen LogP contribution in [0.2, 0.25) is 0 Å². The van der Waals surface area contributed by atoms with Gasteiger partial charge >= 0.3 is 0 Å². The first-order valence-corrected chi connectivity index (χ1v) is 10.4. The van der Waals surface area contributed by atoms with Crippen molar-refractivity contribution in [3.8, 4) is 22.7 Å². The second kappa shape index (κ2) is 8.58. The van der Waals surface area contributed by atoms with Gasteiger partial charge in [0.05, 0.1) is 18.5 Å². The van der Waals surface area contributed by atoms with E-state index in [4.69, 9.17) is 9.84 Å². The Morgan fingerprint density at radius 2 is 1.97 bits per heavy atom. The lowest BCUT2D eigenvalue weighted by atomic mass is 10.1. The molecule has 1 aromatic heterocycles. The molecule has 1 aliphatic heterocycles. The molecule has 5 nitrogen and oxygen atoms in total. The lowest BCUT2D eigenvalue weighted by molar-refractivity contribution is 0.100. The number of aromatic nitrogens is 2. The van der Waals surface area contributed by atoms with Gasteiger partial charge in [0, 0.05) is 49.5 Å². The number of methoxy groups -OCH3 is 1. The molecule has 158 valence electrons. The van der Waals surface area contributed by atoms with E-state index in [2.05, 4.69) is 49.0 Å². The zero-order valence-electron chi connectivity index (χ0n) is 18.1. The van der Waals surface area contributed by atoms with Crippen molar-refractivity contribution < 1.29 is 9.13 Å². The highest BCUT2D eigenvalue weighted by molar-refractivity contribution is 5.64. The van der Waals surface area contributed by atoms with Crippen LogP contribution >= 0.6 is 0 Å². The van der Waals surface area contributed by atoms with Gasteiger partial charge in [0.15, 0.2) is 11.6 Å². The normalized spacial score (nSPS) is 18.0. The molecule has 1 aliphatic rings. The van der Waals surface area contributed by atoms with Crippen LogP contribution in [0, 0.1) is 12.7 Å². The fourth-order valence-electron chi connectivity index (χ4n) is 4.03. The molecule has 0 amide bonds. The van der Waals surface area contributed by atoms with E-state index in [1.165, 1.54) is 13.2 Å². The lowest BCUT2D eigenvalue weighted by Gasteiger charge is -2.37. The first-order valence-electron chi connectivity index (χ1n) is 10.4. The standard InChI is InChI=1S/C24H29FN4O/c1-17-7-5-6-8-22(17)29-16-20(15-28-12-11-27(3)18(2)14-28)24(26-29)19-9-10-23(30-4)21(25)13-19/h5-10,13,16,18H,11-12,14-15H2,1-4H3/t18-/m1/s1. The van der Waals surface area contributed by atoms with Gasteiger partial charge in [-0.1, -0.05) is 18.2 Å². The molecule has 30 heavy (non-hydrogen) atoms. The highest BCUT2D eigenvalue weighted by Crippen LogP contribution is 2.29. The topological polar surface area (TPSA) is 33.5 Å². The molecule has 0 bridgehead atoms. The maximum absolute atomic E-state index is 14.4. The zero-order valence-corrected chi connectivity index (χ0v) is 18.1. The summed E-state index contributed by atoms with van der Waals surface area (Å²) in [5.74, 6) is -0.133. The van der Waals surface area contributed by atoms with Crippen LogP contribution in [-0.2, 0) is 6.54 Å². The van der Waals surface area contributed by atoms with Crippen molar-refractivity contribution >= 4 is 0 Å². The van der Waals surface area contributed by atoms with Crippen LogP contribution in [0.5, 0.6) is 5.75 Å². The van der Waals surface area contributed by atoms with Crippen LogP contribution in [0.1, 0.15) is 18.1 Å². The maximum atomic E-state index is 14.4. The molecule has 1 fully saturated rings. The van der Waals surface area contributed by atoms with Crippen molar-refractivity contribution in [3.05, 3.63) is 65.6 Å². The van der Waals surface area contributed by atoms with E-state index in [1.807, 2.05) is 22.9 Å². The van der Waals surface area contributed by atoms with Crippen molar-refractivity contribution in [1.29, 1.82) is 0 Å². The van der Waals surface area contributed by atoms with E-state index in [9.17, 15) is 4.39 Å². The quantitative estimate of drug-likeness (QED) is 0.636. The molecular weight excluding hydrogens is 379 g/mol. The first kappa shape index (κ1) is 20.6. The highest BCUT2D eigenvalue weighted by atomic mass is 19.1. The molecule has 1 saturated heterocycles. The number of aryl methyl sites for hydroxylation is 1. The van der Waals surface area contributed by atoms with E-state index in [-0.39, 0.29) is 11.6 Å². The Morgan fingerprint density at radius 1 is 1.17 bits per heavy atom. The Hall–Kier alpha value is -2.70. The summed E-state index contributed by atoms with van der Waals surface area (Å²) in [4.78, 5) is 4.83. The maximum Gasteiger partial charge on any atom is 0.165 e. The molecule has 0 unspecified atom stereocenters. The van der Waals surface area contributed by atoms with Gasteiger partial charge in [-0.3, -0.25) is 4.90 Å². The summed E-state index contributed by atoms with van der Waals surface area (Å²) in [7, 11) is 3.65. The average molecular weight is 409 g/mol. The van der Waals surface area contributed by atoms with E-state index >= 15 is 0 Å². The first-order chi connectivity index (χ1) is 14.5. The Labute approximate surface area is 177 Å². The highest BCUT2D eigenvalue weighted by Gasteiger charge is 2.23. The monoisotopic (exact) mass is 408 g/mol. The summed E-state index contributed by atoms with van der Waals surface area (Å²) in [6, 6.07) is 13.7. The number of rotatable bonds is 5. The number of nitrogens with zero attached hydrogens (tertiary/aromatic N) is 4.